The first-order valence-electron chi connectivity index (χ1n) is 10.6. The average molecular weight is 490 g/mol. The van der Waals surface area contributed by atoms with Crippen LogP contribution in [0.4, 0.5) is 0 Å². The third-order valence-corrected chi connectivity index (χ3v) is 6.90. The quantitative estimate of drug-likeness (QED) is 0.349. The molecule has 0 bridgehead atoms. The Kier molecular flexibility index (Phi) is 5.66. The number of aliphatic hydroxyl groups excluding tert-OH is 1. The fourth-order valence-electron chi connectivity index (χ4n) is 4.63. The third kappa shape index (κ3) is 3.57. The second kappa shape index (κ2) is 8.66. The number of ether oxygens (including phenoxy) is 1. The molecule has 1 aliphatic rings. The van der Waals surface area contributed by atoms with E-state index in [0.29, 0.717) is 21.2 Å². The topological polar surface area (TPSA) is 77.4 Å². The first kappa shape index (κ1) is 22.2. The minimum Gasteiger partial charge on any atom is -0.480 e. The Labute approximate surface area is 206 Å². The molecule has 1 aliphatic heterocycles. The Morgan fingerprint density at radius 2 is 1.62 bits per heavy atom. The number of aliphatic hydroxyl groups is 2. The first-order chi connectivity index (χ1) is 16.4. The zero-order valence-corrected chi connectivity index (χ0v) is 19.3. The van der Waals surface area contributed by atoms with Gasteiger partial charge in [0.2, 0.25) is 11.6 Å². The van der Waals surface area contributed by atoms with Gasteiger partial charge in [0.05, 0.1) is 16.0 Å². The number of para-hydroxylation sites is 1. The van der Waals surface area contributed by atoms with E-state index < -0.39 is 23.7 Å². The van der Waals surface area contributed by atoms with Gasteiger partial charge in [-0.15, -0.1) is 0 Å². The minimum atomic E-state index is -2.02. The zero-order chi connectivity index (χ0) is 23.9. The number of aromatic nitrogens is 1. The van der Waals surface area contributed by atoms with Gasteiger partial charge in [-0.1, -0.05) is 71.7 Å². The van der Waals surface area contributed by atoms with E-state index in [-0.39, 0.29) is 5.57 Å². The summed E-state index contributed by atoms with van der Waals surface area (Å²) in [6, 6.07) is 26.6. The van der Waals surface area contributed by atoms with Crippen LogP contribution in [0.1, 0.15) is 23.1 Å². The molecule has 0 saturated heterocycles. The summed E-state index contributed by atoms with van der Waals surface area (Å²) in [5.41, 5.74) is 1.82. The van der Waals surface area contributed by atoms with Crippen LogP contribution in [0, 0.1) is 11.3 Å². The molecule has 0 fully saturated rings. The molecule has 1 aromatic heterocycles. The van der Waals surface area contributed by atoms with Crippen LogP contribution in [-0.4, -0.2) is 10.2 Å². The van der Waals surface area contributed by atoms with Crippen molar-refractivity contribution in [3.8, 4) is 6.07 Å². The molecule has 0 saturated carbocycles. The molecule has 7 heteroatoms. The lowest BCUT2D eigenvalue weighted by Crippen LogP contribution is -2.57. The maximum atomic E-state index is 12.1. The van der Waals surface area contributed by atoms with Gasteiger partial charge in [-0.2, -0.15) is 9.83 Å². The van der Waals surface area contributed by atoms with Crippen molar-refractivity contribution in [3.63, 3.8) is 0 Å². The van der Waals surface area contributed by atoms with Crippen molar-refractivity contribution < 1.29 is 19.5 Å². The SMILES string of the molecule is N#CC1=C(O)O[C@](O)(c2ccccc2)[C@@H]([n+]2cccc3ccccc32)[C@@H]1c1ccc(Cl)c(Cl)c1. The molecule has 4 aromatic rings. The number of allylic oxidation sites excluding steroid dienone is 1. The molecular formula is C27H19Cl2N2O3+. The van der Waals surface area contributed by atoms with E-state index in [4.69, 9.17) is 27.9 Å². The number of halogens is 2. The van der Waals surface area contributed by atoms with Crippen LogP contribution in [0.2, 0.25) is 10.0 Å². The summed E-state index contributed by atoms with van der Waals surface area (Å²) >= 11 is 12.5. The second-order valence-corrected chi connectivity index (χ2v) is 8.88. The highest BCUT2D eigenvalue weighted by Crippen LogP contribution is 2.50. The second-order valence-electron chi connectivity index (χ2n) is 8.07. The van der Waals surface area contributed by atoms with E-state index in [1.165, 1.54) is 0 Å². The number of nitriles is 1. The number of pyridine rings is 1. The van der Waals surface area contributed by atoms with Crippen LogP contribution in [0.5, 0.6) is 0 Å². The smallest absolute Gasteiger partial charge is 0.301 e. The summed E-state index contributed by atoms with van der Waals surface area (Å²) in [5, 5.41) is 34.6. The average Bonchev–Trinajstić information content (AvgIpc) is 2.86. The summed E-state index contributed by atoms with van der Waals surface area (Å²) in [4.78, 5) is 0. The Bertz CT molecular complexity index is 1460. The molecule has 168 valence electrons. The molecular weight excluding hydrogens is 471 g/mol. The summed E-state index contributed by atoms with van der Waals surface area (Å²) < 4.78 is 7.65. The van der Waals surface area contributed by atoms with Gasteiger partial charge in [-0.05, 0) is 29.8 Å². The normalized spacial score (nSPS) is 22.3. The molecule has 3 atom stereocenters. The van der Waals surface area contributed by atoms with Gasteiger partial charge in [0.1, 0.15) is 11.6 Å². The summed E-state index contributed by atoms with van der Waals surface area (Å²) in [5.74, 6) is -3.46. The lowest BCUT2D eigenvalue weighted by atomic mass is 9.77. The fraction of sp³-hybridized carbons (Fsp3) is 0.111. The Morgan fingerprint density at radius 1 is 0.912 bits per heavy atom. The zero-order valence-electron chi connectivity index (χ0n) is 17.8. The number of fused-ring (bicyclic) bond motifs is 1. The summed E-state index contributed by atoms with van der Waals surface area (Å²) in [6.07, 6.45) is 1.83. The van der Waals surface area contributed by atoms with Gasteiger partial charge >= 0.3 is 5.79 Å². The van der Waals surface area contributed by atoms with Gasteiger partial charge < -0.3 is 14.9 Å². The predicted molar refractivity (Wildman–Crippen MR) is 129 cm³/mol. The third-order valence-electron chi connectivity index (χ3n) is 6.16. The van der Waals surface area contributed by atoms with Crippen molar-refractivity contribution in [1.82, 2.24) is 0 Å². The van der Waals surface area contributed by atoms with Crippen molar-refractivity contribution >= 4 is 34.1 Å². The number of rotatable bonds is 3. The van der Waals surface area contributed by atoms with E-state index in [1.807, 2.05) is 53.2 Å². The van der Waals surface area contributed by atoms with Crippen molar-refractivity contribution in [1.29, 1.82) is 5.26 Å². The van der Waals surface area contributed by atoms with E-state index in [9.17, 15) is 15.5 Å². The van der Waals surface area contributed by atoms with Crippen LogP contribution in [0.25, 0.3) is 10.9 Å². The molecule has 2 heterocycles. The van der Waals surface area contributed by atoms with Crippen LogP contribution < -0.4 is 4.57 Å². The monoisotopic (exact) mass is 489 g/mol. The van der Waals surface area contributed by atoms with E-state index in [2.05, 4.69) is 6.07 Å². The van der Waals surface area contributed by atoms with Gasteiger partial charge in [0, 0.05) is 23.1 Å². The first-order valence-corrected chi connectivity index (χ1v) is 11.3. The highest BCUT2D eigenvalue weighted by molar-refractivity contribution is 6.42. The van der Waals surface area contributed by atoms with Crippen molar-refractivity contribution in [2.24, 2.45) is 0 Å². The number of hydrogen-bond acceptors (Lipinski definition) is 4. The fourth-order valence-corrected chi connectivity index (χ4v) is 4.94. The molecule has 0 radical (unpaired) electrons. The van der Waals surface area contributed by atoms with Crippen LogP contribution >= 0.6 is 23.2 Å². The standard InChI is InChI=1S/C27H18Cl2N2O3/c28-21-13-12-18(15-22(21)29)24-20(16-30)26(32)34-27(33,19-9-2-1-3-10-19)25(24)31-14-6-8-17-7-4-5-11-23(17)31/h1-15,24-25,33H/p+1/t24-,25+,27-/m1/s1. The van der Waals surface area contributed by atoms with E-state index in [0.717, 1.165) is 10.9 Å². The lowest BCUT2D eigenvalue weighted by molar-refractivity contribution is -0.731. The summed E-state index contributed by atoms with van der Waals surface area (Å²) in [6.45, 7) is 0. The predicted octanol–water partition coefficient (Wildman–Crippen LogP) is 5.93. The molecule has 5 rings (SSSR count). The number of benzene rings is 3. The molecule has 0 spiro atoms. The maximum Gasteiger partial charge on any atom is 0.301 e. The molecule has 2 N–H and O–H groups in total. The van der Waals surface area contributed by atoms with Crippen molar-refractivity contribution in [3.05, 3.63) is 124 Å². The molecule has 5 nitrogen and oxygen atoms in total. The van der Waals surface area contributed by atoms with E-state index in [1.54, 1.807) is 42.5 Å². The number of hydrogen-bond donors (Lipinski definition) is 2. The Balaban J connectivity index is 1.87. The minimum absolute atomic E-state index is 0.0237. The van der Waals surface area contributed by atoms with Crippen molar-refractivity contribution in [2.45, 2.75) is 17.7 Å². The summed E-state index contributed by atoms with van der Waals surface area (Å²) in [7, 11) is 0. The maximum absolute atomic E-state index is 12.1. The van der Waals surface area contributed by atoms with Gasteiger partial charge in [-0.3, -0.25) is 0 Å². The Hall–Kier alpha value is -3.56. The molecule has 0 amide bonds. The van der Waals surface area contributed by atoms with Crippen LogP contribution in [0.3, 0.4) is 0 Å². The van der Waals surface area contributed by atoms with Gasteiger partial charge in [-0.25, -0.2) is 0 Å². The number of nitrogens with zero attached hydrogens (tertiary/aromatic N) is 2. The highest BCUT2D eigenvalue weighted by Gasteiger charge is 2.58. The Morgan fingerprint density at radius 3 is 2.35 bits per heavy atom. The molecule has 0 unspecified atom stereocenters. The largest absolute Gasteiger partial charge is 0.480 e. The molecule has 34 heavy (non-hydrogen) atoms. The molecule has 0 aliphatic carbocycles. The van der Waals surface area contributed by atoms with Gasteiger partial charge in [0.15, 0.2) is 6.20 Å². The molecule has 3 aromatic carbocycles. The van der Waals surface area contributed by atoms with Crippen molar-refractivity contribution in [2.75, 3.05) is 0 Å². The van der Waals surface area contributed by atoms with E-state index >= 15 is 0 Å². The highest BCUT2D eigenvalue weighted by atomic mass is 35.5. The lowest BCUT2D eigenvalue weighted by Gasteiger charge is -2.40. The van der Waals surface area contributed by atoms with Crippen LogP contribution in [-0.2, 0) is 10.5 Å². The van der Waals surface area contributed by atoms with Gasteiger partial charge in [0.25, 0.3) is 5.95 Å². The van der Waals surface area contributed by atoms with Crippen LogP contribution in [0.15, 0.2) is 103 Å².